The second-order valence-electron chi connectivity index (χ2n) is 6.65. The van der Waals surface area contributed by atoms with E-state index in [-0.39, 0.29) is 6.03 Å². The van der Waals surface area contributed by atoms with Crippen LogP contribution in [0.5, 0.6) is 0 Å². The Labute approximate surface area is 130 Å². The highest BCUT2D eigenvalue weighted by Crippen LogP contribution is 2.32. The topological polar surface area (TPSA) is 48.1 Å². The number of benzene rings is 1. The number of nitrogens with one attached hydrogen (secondary N) is 2. The summed E-state index contributed by atoms with van der Waals surface area (Å²) in [7, 11) is 0. The summed E-state index contributed by atoms with van der Waals surface area (Å²) in [4.78, 5) is 17.7. The Bertz CT molecular complexity index is 672. The van der Waals surface area contributed by atoms with Crippen LogP contribution in [0.2, 0.25) is 0 Å². The first-order valence-corrected chi connectivity index (χ1v) is 8.43. The van der Waals surface area contributed by atoms with Gasteiger partial charge in [0.1, 0.15) is 0 Å². The number of urea groups is 1. The van der Waals surface area contributed by atoms with Crippen molar-refractivity contribution < 1.29 is 4.79 Å². The number of nitrogens with zero attached hydrogens (tertiary/aromatic N) is 1. The molecule has 2 aromatic rings. The minimum Gasteiger partial charge on any atom is -0.361 e. The molecule has 116 valence electrons. The lowest BCUT2D eigenvalue weighted by atomic mass is 9.98. The van der Waals surface area contributed by atoms with Crippen molar-refractivity contribution in [1.82, 2.24) is 15.2 Å². The van der Waals surface area contributed by atoms with Crippen LogP contribution < -0.4 is 5.32 Å². The third-order valence-corrected chi connectivity index (χ3v) is 5.22. The van der Waals surface area contributed by atoms with Crippen molar-refractivity contribution in [1.29, 1.82) is 0 Å². The number of carbonyl (C=O) groups excluding carboxylic acids is 1. The minimum absolute atomic E-state index is 0.134. The summed E-state index contributed by atoms with van der Waals surface area (Å²) in [6, 6.07) is 8.95. The summed E-state index contributed by atoms with van der Waals surface area (Å²) < 4.78 is 0. The van der Waals surface area contributed by atoms with E-state index in [1.54, 1.807) is 0 Å². The highest BCUT2D eigenvalue weighted by atomic mass is 16.2. The van der Waals surface area contributed by atoms with Crippen LogP contribution in [0.1, 0.15) is 43.6 Å². The van der Waals surface area contributed by atoms with Crippen molar-refractivity contribution in [2.45, 2.75) is 44.1 Å². The molecule has 0 bridgehead atoms. The van der Waals surface area contributed by atoms with Crippen molar-refractivity contribution in [3.8, 4) is 0 Å². The molecule has 1 saturated carbocycles. The van der Waals surface area contributed by atoms with Crippen molar-refractivity contribution >= 4 is 16.9 Å². The Morgan fingerprint density at radius 2 is 2.00 bits per heavy atom. The van der Waals surface area contributed by atoms with Gasteiger partial charge in [-0.05, 0) is 30.9 Å². The van der Waals surface area contributed by atoms with Gasteiger partial charge in [-0.15, -0.1) is 0 Å². The van der Waals surface area contributed by atoms with Gasteiger partial charge in [-0.1, -0.05) is 31.0 Å². The third kappa shape index (κ3) is 2.47. The predicted molar refractivity (Wildman–Crippen MR) is 88.0 cm³/mol. The van der Waals surface area contributed by atoms with Crippen molar-refractivity contribution in [3.63, 3.8) is 0 Å². The molecule has 4 nitrogen and oxygen atoms in total. The van der Waals surface area contributed by atoms with Gasteiger partial charge in [-0.2, -0.15) is 0 Å². The molecule has 1 aliphatic heterocycles. The number of fused-ring (bicyclic) bond motifs is 1. The number of likely N-dealkylation sites (tertiary alicyclic amines) is 1. The van der Waals surface area contributed by atoms with Gasteiger partial charge in [0.15, 0.2) is 0 Å². The van der Waals surface area contributed by atoms with Gasteiger partial charge in [0.2, 0.25) is 0 Å². The monoisotopic (exact) mass is 297 g/mol. The molecule has 1 aliphatic carbocycles. The predicted octanol–water partition coefficient (Wildman–Crippen LogP) is 3.61. The van der Waals surface area contributed by atoms with Crippen LogP contribution in [0.4, 0.5) is 4.79 Å². The maximum Gasteiger partial charge on any atom is 0.317 e. The summed E-state index contributed by atoms with van der Waals surface area (Å²) in [6.45, 7) is 1.70. The van der Waals surface area contributed by atoms with Gasteiger partial charge in [0.05, 0.1) is 0 Å². The van der Waals surface area contributed by atoms with Crippen LogP contribution >= 0.6 is 0 Å². The summed E-state index contributed by atoms with van der Waals surface area (Å²) in [5.41, 5.74) is 2.54. The summed E-state index contributed by atoms with van der Waals surface area (Å²) in [5.74, 6) is 0.450. The molecule has 1 saturated heterocycles. The first-order chi connectivity index (χ1) is 10.8. The zero-order chi connectivity index (χ0) is 14.9. The van der Waals surface area contributed by atoms with Crippen molar-refractivity contribution in [2.75, 3.05) is 13.1 Å². The van der Waals surface area contributed by atoms with E-state index in [1.165, 1.54) is 29.3 Å². The molecule has 1 aromatic heterocycles. The summed E-state index contributed by atoms with van der Waals surface area (Å²) in [5, 5.41) is 4.50. The Hall–Kier alpha value is -1.97. The second-order valence-corrected chi connectivity index (χ2v) is 6.65. The zero-order valence-corrected chi connectivity index (χ0v) is 12.8. The number of aromatic amines is 1. The average Bonchev–Trinajstić information content (AvgIpc) is 3.27. The van der Waals surface area contributed by atoms with Crippen LogP contribution in [-0.2, 0) is 0 Å². The number of aromatic nitrogens is 1. The molecular weight excluding hydrogens is 274 g/mol. The van der Waals surface area contributed by atoms with Crippen molar-refractivity contribution in [2.24, 2.45) is 0 Å². The number of carbonyl (C=O) groups is 1. The van der Waals surface area contributed by atoms with E-state index in [1.807, 2.05) is 4.90 Å². The van der Waals surface area contributed by atoms with E-state index in [2.05, 4.69) is 40.8 Å². The second kappa shape index (κ2) is 5.67. The molecule has 22 heavy (non-hydrogen) atoms. The fraction of sp³-hybridized carbons (Fsp3) is 0.500. The van der Waals surface area contributed by atoms with Crippen molar-refractivity contribution in [3.05, 3.63) is 36.0 Å². The highest BCUT2D eigenvalue weighted by molar-refractivity contribution is 5.84. The first kappa shape index (κ1) is 13.7. The molecule has 2 heterocycles. The summed E-state index contributed by atoms with van der Waals surface area (Å²) >= 11 is 0. The molecule has 1 aromatic carbocycles. The van der Waals surface area contributed by atoms with Crippen LogP contribution in [-0.4, -0.2) is 35.0 Å². The number of rotatable bonds is 2. The molecule has 2 fully saturated rings. The maximum absolute atomic E-state index is 12.4. The van der Waals surface area contributed by atoms with E-state index in [9.17, 15) is 4.79 Å². The first-order valence-electron chi connectivity index (χ1n) is 8.43. The number of H-pyrrole nitrogens is 1. The van der Waals surface area contributed by atoms with E-state index in [0.717, 1.165) is 32.4 Å². The standard InChI is InChI=1S/C18H23N3O/c22-18(20-14-5-1-2-6-14)21-10-9-13(12-21)16-11-19-17-8-4-3-7-15(16)17/h3-4,7-8,11,13-14,19H,1-2,5-6,9-10,12H2,(H,20,22). The summed E-state index contributed by atoms with van der Waals surface area (Å²) in [6.07, 6.45) is 7.97. The molecule has 4 heteroatoms. The Morgan fingerprint density at radius 1 is 1.18 bits per heavy atom. The Kier molecular flexibility index (Phi) is 3.53. The highest BCUT2D eigenvalue weighted by Gasteiger charge is 2.30. The molecule has 1 unspecified atom stereocenters. The lowest BCUT2D eigenvalue weighted by Crippen LogP contribution is -2.42. The molecule has 2 amide bonds. The Balaban J connectivity index is 1.44. The van der Waals surface area contributed by atoms with E-state index < -0.39 is 0 Å². The molecule has 4 rings (SSSR count). The van der Waals surface area contributed by atoms with Crippen LogP contribution in [0.3, 0.4) is 0 Å². The molecule has 2 N–H and O–H groups in total. The molecular formula is C18H23N3O. The Morgan fingerprint density at radius 3 is 2.86 bits per heavy atom. The number of hydrogen-bond acceptors (Lipinski definition) is 1. The van der Waals surface area contributed by atoms with Gasteiger partial charge >= 0.3 is 6.03 Å². The van der Waals surface area contributed by atoms with Gasteiger partial charge < -0.3 is 15.2 Å². The molecule has 1 atom stereocenters. The molecule has 0 spiro atoms. The SMILES string of the molecule is O=C(NC1CCCC1)N1CCC(c2c[nH]c3ccccc23)C1. The molecule has 2 aliphatic rings. The maximum atomic E-state index is 12.4. The lowest BCUT2D eigenvalue weighted by Gasteiger charge is -2.20. The van der Waals surface area contributed by atoms with E-state index in [4.69, 9.17) is 0 Å². The van der Waals surface area contributed by atoms with Crippen LogP contribution in [0.15, 0.2) is 30.5 Å². The number of para-hydroxylation sites is 1. The molecule has 0 radical (unpaired) electrons. The average molecular weight is 297 g/mol. The zero-order valence-electron chi connectivity index (χ0n) is 12.8. The van der Waals surface area contributed by atoms with Gasteiger partial charge in [-0.25, -0.2) is 4.79 Å². The van der Waals surface area contributed by atoms with Gasteiger partial charge in [0.25, 0.3) is 0 Å². The smallest absolute Gasteiger partial charge is 0.317 e. The third-order valence-electron chi connectivity index (χ3n) is 5.22. The largest absolute Gasteiger partial charge is 0.361 e. The normalized spacial score (nSPS) is 22.5. The number of hydrogen-bond donors (Lipinski definition) is 2. The minimum atomic E-state index is 0.134. The van der Waals surface area contributed by atoms with Gasteiger partial charge in [0, 0.05) is 42.1 Å². The van der Waals surface area contributed by atoms with Gasteiger partial charge in [-0.3, -0.25) is 0 Å². The van der Waals surface area contributed by atoms with E-state index >= 15 is 0 Å². The lowest BCUT2D eigenvalue weighted by molar-refractivity contribution is 0.204. The fourth-order valence-corrected chi connectivity index (χ4v) is 3.97. The fourth-order valence-electron chi connectivity index (χ4n) is 3.97. The van der Waals surface area contributed by atoms with E-state index in [0.29, 0.717) is 12.0 Å². The quantitative estimate of drug-likeness (QED) is 0.874. The van der Waals surface area contributed by atoms with Crippen LogP contribution in [0.25, 0.3) is 10.9 Å². The number of amides is 2. The van der Waals surface area contributed by atoms with Crippen LogP contribution in [0, 0.1) is 0 Å².